The van der Waals surface area contributed by atoms with Gasteiger partial charge in [0.2, 0.25) is 0 Å². The molecule has 0 saturated carbocycles. The first kappa shape index (κ1) is 27.0. The van der Waals surface area contributed by atoms with Crippen molar-refractivity contribution in [1.29, 1.82) is 0 Å². The van der Waals surface area contributed by atoms with Crippen LogP contribution in [-0.2, 0) is 0 Å². The van der Waals surface area contributed by atoms with Gasteiger partial charge in [0.15, 0.2) is 5.58 Å². The molecule has 0 saturated heterocycles. The number of anilines is 3. The van der Waals surface area contributed by atoms with Gasteiger partial charge in [0.25, 0.3) is 0 Å². The van der Waals surface area contributed by atoms with E-state index in [1.165, 1.54) is 27.4 Å². The molecule has 2 aromatic heterocycles. The molecule has 1 aliphatic carbocycles. The Bertz CT molecular complexity index is 2470. The van der Waals surface area contributed by atoms with E-state index in [1.807, 2.05) is 24.3 Å². The third-order valence-electron chi connectivity index (χ3n) is 9.07. The summed E-state index contributed by atoms with van der Waals surface area (Å²) >= 11 is 0. The second-order valence-corrected chi connectivity index (χ2v) is 11.9. The van der Waals surface area contributed by atoms with Crippen LogP contribution >= 0.6 is 0 Å². The Morgan fingerprint density at radius 3 is 1.91 bits per heavy atom. The number of fused-ring (bicyclic) bond motifs is 6. The van der Waals surface area contributed by atoms with E-state index < -0.39 is 0 Å². The molecule has 0 unspecified atom stereocenters. The number of aromatic nitrogens is 1. The van der Waals surface area contributed by atoms with Crippen LogP contribution in [0.1, 0.15) is 11.3 Å². The van der Waals surface area contributed by atoms with Gasteiger partial charge in [-0.2, -0.15) is 0 Å². The summed E-state index contributed by atoms with van der Waals surface area (Å²) in [4.78, 5) is 2.27. The quantitative estimate of drug-likeness (QED) is 0.195. The summed E-state index contributed by atoms with van der Waals surface area (Å²) in [6, 6.07) is 51.8. The van der Waals surface area contributed by atoms with Gasteiger partial charge in [0, 0.05) is 38.8 Å². The van der Waals surface area contributed by atoms with E-state index in [0.717, 1.165) is 56.2 Å². The first-order chi connectivity index (χ1) is 23.2. The molecular formula is C44H30N2O. The van der Waals surface area contributed by atoms with Crippen LogP contribution in [-0.4, -0.2) is 4.57 Å². The van der Waals surface area contributed by atoms with Crippen LogP contribution in [0.15, 0.2) is 174 Å². The van der Waals surface area contributed by atoms with Crippen LogP contribution in [0.2, 0.25) is 0 Å². The summed E-state index contributed by atoms with van der Waals surface area (Å²) in [5.41, 5.74) is 11.9. The number of allylic oxidation sites excluding steroid dienone is 3. The second kappa shape index (κ2) is 10.9. The number of para-hydroxylation sites is 4. The minimum atomic E-state index is 0.842. The highest BCUT2D eigenvalue weighted by Crippen LogP contribution is 2.43. The molecule has 3 nitrogen and oxygen atoms in total. The highest BCUT2D eigenvalue weighted by Gasteiger charge is 2.21. The zero-order valence-electron chi connectivity index (χ0n) is 25.7. The second-order valence-electron chi connectivity index (χ2n) is 11.9. The van der Waals surface area contributed by atoms with Gasteiger partial charge in [-0.3, -0.25) is 0 Å². The molecule has 0 bridgehead atoms. The normalized spacial score (nSPS) is 12.6. The van der Waals surface area contributed by atoms with Crippen molar-refractivity contribution >= 4 is 62.0 Å². The third kappa shape index (κ3) is 4.52. The lowest BCUT2D eigenvalue weighted by Gasteiger charge is -2.25. The van der Waals surface area contributed by atoms with Gasteiger partial charge in [-0.05, 0) is 83.4 Å². The molecule has 0 N–H and O–H groups in total. The molecule has 6 aromatic carbocycles. The number of benzene rings is 6. The minimum Gasteiger partial charge on any atom is -0.454 e. The Morgan fingerprint density at radius 1 is 0.511 bits per heavy atom. The molecule has 3 heteroatoms. The maximum Gasteiger partial charge on any atom is 0.159 e. The molecule has 0 aliphatic heterocycles. The van der Waals surface area contributed by atoms with Crippen LogP contribution in [0.4, 0.5) is 17.1 Å². The molecule has 2 heterocycles. The zero-order valence-corrected chi connectivity index (χ0v) is 25.7. The van der Waals surface area contributed by atoms with Crippen molar-refractivity contribution in [1.82, 2.24) is 4.57 Å². The van der Waals surface area contributed by atoms with E-state index in [-0.39, 0.29) is 0 Å². The highest BCUT2D eigenvalue weighted by atomic mass is 16.3. The summed E-state index contributed by atoms with van der Waals surface area (Å²) in [5, 5.41) is 3.60. The van der Waals surface area contributed by atoms with E-state index in [0.29, 0.717) is 0 Å². The summed E-state index contributed by atoms with van der Waals surface area (Å²) in [7, 11) is 0. The van der Waals surface area contributed by atoms with Gasteiger partial charge in [0.05, 0.1) is 16.7 Å². The van der Waals surface area contributed by atoms with E-state index >= 15 is 0 Å². The minimum absolute atomic E-state index is 0.842. The Morgan fingerprint density at radius 2 is 1.15 bits per heavy atom. The fourth-order valence-electron chi connectivity index (χ4n) is 6.87. The molecule has 0 radical (unpaired) electrons. The standard InChI is InChI=1S/C44H30N2O/c1-30-21-27-38-39-17-10-20-42(44(39)47-43(38)28-22-30)45(33-12-3-2-4-13-33)34-25-23-31(24-26-34)32-11-9-14-35(29-32)46-40-18-7-5-15-36(40)37-16-6-8-19-41(37)46/h2-29H,1H2. The fraction of sp³-hybridized carbons (Fsp3) is 0. The fourth-order valence-corrected chi connectivity index (χ4v) is 6.87. The molecule has 9 rings (SSSR count). The van der Waals surface area contributed by atoms with Crippen molar-refractivity contribution in [2.45, 2.75) is 0 Å². The van der Waals surface area contributed by atoms with Crippen molar-refractivity contribution in [3.8, 4) is 16.8 Å². The van der Waals surface area contributed by atoms with Gasteiger partial charge in [-0.15, -0.1) is 0 Å². The van der Waals surface area contributed by atoms with Crippen LogP contribution in [0.3, 0.4) is 0 Å². The van der Waals surface area contributed by atoms with E-state index in [2.05, 4.69) is 162 Å². The van der Waals surface area contributed by atoms with Crippen molar-refractivity contribution in [2.24, 2.45) is 0 Å². The molecular weight excluding hydrogens is 572 g/mol. The van der Waals surface area contributed by atoms with E-state index in [9.17, 15) is 0 Å². The first-order valence-corrected chi connectivity index (χ1v) is 15.9. The zero-order chi connectivity index (χ0) is 31.3. The Kier molecular flexibility index (Phi) is 6.29. The SMILES string of the molecule is C=C1C=Cc2oc3c(N(c4ccccc4)c4ccc(-c5cccc(-n6c7ccccc7c7ccccc76)c5)cc4)cccc3c2C=C1. The van der Waals surface area contributed by atoms with Crippen molar-refractivity contribution in [3.05, 3.63) is 181 Å². The maximum atomic E-state index is 6.55. The molecule has 0 fully saturated rings. The smallest absolute Gasteiger partial charge is 0.159 e. The van der Waals surface area contributed by atoms with Gasteiger partial charge < -0.3 is 13.9 Å². The highest BCUT2D eigenvalue weighted by molar-refractivity contribution is 6.09. The summed E-state index contributed by atoms with van der Waals surface area (Å²) in [5.74, 6) is 0.842. The van der Waals surface area contributed by atoms with Crippen LogP contribution in [0, 0.1) is 0 Å². The Balaban J connectivity index is 1.14. The topological polar surface area (TPSA) is 21.3 Å². The largest absolute Gasteiger partial charge is 0.454 e. The number of hydrogen-bond acceptors (Lipinski definition) is 2. The molecule has 0 spiro atoms. The summed E-state index contributed by atoms with van der Waals surface area (Å²) in [6.45, 7) is 4.09. The van der Waals surface area contributed by atoms with Crippen molar-refractivity contribution < 1.29 is 4.42 Å². The van der Waals surface area contributed by atoms with Crippen molar-refractivity contribution in [2.75, 3.05) is 4.90 Å². The molecule has 222 valence electrons. The summed E-state index contributed by atoms with van der Waals surface area (Å²) < 4.78 is 8.92. The Hall–Kier alpha value is -6.32. The number of furan rings is 1. The Labute approximate surface area is 273 Å². The molecule has 1 aliphatic rings. The average molecular weight is 603 g/mol. The molecule has 47 heavy (non-hydrogen) atoms. The molecule has 8 aromatic rings. The lowest BCUT2D eigenvalue weighted by molar-refractivity contribution is 0.604. The molecule has 0 amide bonds. The molecule has 0 atom stereocenters. The van der Waals surface area contributed by atoms with Crippen LogP contribution < -0.4 is 4.90 Å². The monoisotopic (exact) mass is 602 g/mol. The predicted molar refractivity (Wildman–Crippen MR) is 198 cm³/mol. The number of rotatable bonds is 5. The summed E-state index contributed by atoms with van der Waals surface area (Å²) in [6.07, 6.45) is 8.14. The van der Waals surface area contributed by atoms with E-state index in [4.69, 9.17) is 4.42 Å². The number of hydrogen-bond donors (Lipinski definition) is 0. The van der Waals surface area contributed by atoms with Crippen molar-refractivity contribution in [3.63, 3.8) is 0 Å². The third-order valence-corrected chi connectivity index (χ3v) is 9.07. The van der Waals surface area contributed by atoms with Gasteiger partial charge >= 0.3 is 0 Å². The van der Waals surface area contributed by atoms with Crippen LogP contribution in [0.5, 0.6) is 0 Å². The first-order valence-electron chi connectivity index (χ1n) is 15.9. The predicted octanol–water partition coefficient (Wildman–Crippen LogP) is 12.3. The lowest BCUT2D eigenvalue weighted by atomic mass is 10.0. The van der Waals surface area contributed by atoms with Gasteiger partial charge in [-0.1, -0.05) is 110 Å². The maximum absolute atomic E-state index is 6.55. The van der Waals surface area contributed by atoms with Crippen LogP contribution in [0.25, 0.3) is 61.7 Å². The van der Waals surface area contributed by atoms with Gasteiger partial charge in [0.1, 0.15) is 5.76 Å². The number of nitrogens with zero attached hydrogens (tertiary/aromatic N) is 2. The van der Waals surface area contributed by atoms with Gasteiger partial charge in [-0.25, -0.2) is 0 Å². The average Bonchev–Trinajstić information content (AvgIpc) is 3.60. The van der Waals surface area contributed by atoms with E-state index in [1.54, 1.807) is 0 Å². The lowest BCUT2D eigenvalue weighted by Crippen LogP contribution is -2.10.